The molecule has 0 aliphatic heterocycles. The fourth-order valence-electron chi connectivity index (χ4n) is 1.74. The smallest absolute Gasteiger partial charge is 0.270 e. The average molecular weight is 419 g/mol. The molecule has 7 heteroatoms. The molecule has 0 saturated carbocycles. The van der Waals surface area contributed by atoms with Crippen LogP contribution in [0.2, 0.25) is 0 Å². The highest BCUT2D eigenvalue weighted by atomic mass is 79.9. The Morgan fingerprint density at radius 1 is 1.24 bits per heavy atom. The quantitative estimate of drug-likeness (QED) is 0.391. The Labute approximate surface area is 137 Å². The van der Waals surface area contributed by atoms with Crippen molar-refractivity contribution in [2.75, 3.05) is 0 Å². The van der Waals surface area contributed by atoms with Crippen molar-refractivity contribution in [2.45, 2.75) is 11.9 Å². The molecule has 0 unspecified atom stereocenters. The largest absolute Gasteiger partial charge is 0.489 e. The number of hydrogen-bond donors (Lipinski definition) is 0. The second-order valence-corrected chi connectivity index (χ2v) is 5.54. The van der Waals surface area contributed by atoms with Gasteiger partial charge in [-0.3, -0.25) is 10.1 Å². The van der Waals surface area contributed by atoms with Gasteiger partial charge in [0.15, 0.2) is 0 Å². The summed E-state index contributed by atoms with van der Waals surface area (Å²) in [6.07, 6.45) is 0. The number of non-ortho nitro benzene ring substituents is 1. The number of benzene rings is 2. The molecule has 21 heavy (non-hydrogen) atoms. The van der Waals surface area contributed by atoms with Crippen LogP contribution >= 0.6 is 31.9 Å². The number of nitro groups is 1. The molecule has 0 heterocycles. The number of nitrogens with zero attached hydrogens (tertiary/aromatic N) is 1. The van der Waals surface area contributed by atoms with Gasteiger partial charge in [-0.15, -0.1) is 0 Å². The number of rotatable bonds is 5. The van der Waals surface area contributed by atoms with Gasteiger partial charge in [-0.25, -0.2) is 4.39 Å². The predicted molar refractivity (Wildman–Crippen MR) is 84.2 cm³/mol. The van der Waals surface area contributed by atoms with Crippen molar-refractivity contribution >= 4 is 37.5 Å². The number of alkyl halides is 1. The Bertz CT molecular complexity index is 679. The lowest BCUT2D eigenvalue weighted by atomic mass is 10.2. The molecule has 0 bridgehead atoms. The molecule has 2 aromatic rings. The lowest BCUT2D eigenvalue weighted by Gasteiger charge is -2.11. The van der Waals surface area contributed by atoms with E-state index in [9.17, 15) is 14.5 Å². The summed E-state index contributed by atoms with van der Waals surface area (Å²) >= 11 is 6.44. The lowest BCUT2D eigenvalue weighted by molar-refractivity contribution is -0.384. The SMILES string of the molecule is O=[N+]([O-])c1ccc(OCc2cccc(F)c2Br)c(CBr)c1. The molecule has 110 valence electrons. The van der Waals surface area contributed by atoms with Crippen LogP contribution in [-0.2, 0) is 11.9 Å². The molecule has 0 atom stereocenters. The predicted octanol–water partition coefficient (Wildman–Crippen LogP) is 4.97. The third-order valence-corrected chi connectivity index (χ3v) is 4.31. The minimum Gasteiger partial charge on any atom is -0.489 e. The molecule has 0 aliphatic rings. The monoisotopic (exact) mass is 417 g/mol. The van der Waals surface area contributed by atoms with Crippen LogP contribution < -0.4 is 4.74 Å². The third kappa shape index (κ3) is 3.79. The lowest BCUT2D eigenvalue weighted by Crippen LogP contribution is -2.00. The van der Waals surface area contributed by atoms with Crippen LogP contribution in [0.15, 0.2) is 40.9 Å². The molecule has 0 saturated heterocycles. The Balaban J connectivity index is 2.20. The second-order valence-electron chi connectivity index (χ2n) is 4.18. The number of nitro benzene ring substituents is 1. The van der Waals surface area contributed by atoms with Gasteiger partial charge < -0.3 is 4.74 Å². The van der Waals surface area contributed by atoms with Gasteiger partial charge in [-0.05, 0) is 28.1 Å². The van der Waals surface area contributed by atoms with E-state index in [2.05, 4.69) is 31.9 Å². The van der Waals surface area contributed by atoms with Crippen molar-refractivity contribution in [1.82, 2.24) is 0 Å². The summed E-state index contributed by atoms with van der Waals surface area (Å²) in [5.74, 6) is 0.161. The van der Waals surface area contributed by atoms with Gasteiger partial charge in [-0.2, -0.15) is 0 Å². The Kier molecular flexibility index (Phi) is 5.30. The zero-order chi connectivity index (χ0) is 15.4. The molecule has 0 spiro atoms. The fraction of sp³-hybridized carbons (Fsp3) is 0.143. The van der Waals surface area contributed by atoms with E-state index in [0.29, 0.717) is 26.7 Å². The number of hydrogen-bond acceptors (Lipinski definition) is 3. The highest BCUT2D eigenvalue weighted by molar-refractivity contribution is 9.10. The van der Waals surface area contributed by atoms with Gasteiger partial charge in [0, 0.05) is 28.6 Å². The van der Waals surface area contributed by atoms with E-state index in [0.717, 1.165) is 0 Å². The normalized spacial score (nSPS) is 10.4. The van der Waals surface area contributed by atoms with Crippen LogP contribution in [0.4, 0.5) is 10.1 Å². The van der Waals surface area contributed by atoms with Crippen LogP contribution in [0.25, 0.3) is 0 Å². The second kappa shape index (κ2) is 7.00. The Hall–Kier alpha value is -1.47. The summed E-state index contributed by atoms with van der Waals surface area (Å²) in [7, 11) is 0. The summed E-state index contributed by atoms with van der Waals surface area (Å²) in [4.78, 5) is 10.3. The fourth-order valence-corrected chi connectivity index (χ4v) is 2.56. The molecular formula is C14H10Br2FNO3. The molecule has 0 radical (unpaired) electrons. The van der Waals surface area contributed by atoms with E-state index in [1.54, 1.807) is 18.2 Å². The number of halogens is 3. The molecule has 0 aromatic heterocycles. The zero-order valence-corrected chi connectivity index (χ0v) is 13.9. The Morgan fingerprint density at radius 2 is 2.00 bits per heavy atom. The van der Waals surface area contributed by atoms with E-state index < -0.39 is 4.92 Å². The summed E-state index contributed by atoms with van der Waals surface area (Å²) < 4.78 is 19.4. The van der Waals surface area contributed by atoms with Gasteiger partial charge in [0.2, 0.25) is 0 Å². The van der Waals surface area contributed by atoms with Gasteiger partial charge in [0.05, 0.1) is 9.40 Å². The zero-order valence-electron chi connectivity index (χ0n) is 10.7. The first-order valence-corrected chi connectivity index (χ1v) is 7.83. The van der Waals surface area contributed by atoms with Crippen LogP contribution in [-0.4, -0.2) is 4.92 Å². The maximum atomic E-state index is 13.4. The van der Waals surface area contributed by atoms with Crippen molar-refractivity contribution in [1.29, 1.82) is 0 Å². The molecule has 2 rings (SSSR count). The summed E-state index contributed by atoms with van der Waals surface area (Å²) in [6.45, 7) is 0.163. The van der Waals surface area contributed by atoms with Crippen LogP contribution in [0.3, 0.4) is 0 Å². The van der Waals surface area contributed by atoms with Gasteiger partial charge in [-0.1, -0.05) is 28.1 Å². The van der Waals surface area contributed by atoms with Gasteiger partial charge in [0.25, 0.3) is 5.69 Å². The first-order chi connectivity index (χ1) is 10.0. The summed E-state index contributed by atoms with van der Waals surface area (Å²) in [5, 5.41) is 11.2. The van der Waals surface area contributed by atoms with E-state index in [1.165, 1.54) is 18.2 Å². The van der Waals surface area contributed by atoms with Gasteiger partial charge in [0.1, 0.15) is 18.2 Å². The third-order valence-electron chi connectivity index (χ3n) is 2.81. The van der Waals surface area contributed by atoms with E-state index in [1.807, 2.05) is 0 Å². The minimum absolute atomic E-state index is 0.00346. The van der Waals surface area contributed by atoms with Crippen molar-refractivity contribution in [3.05, 3.63) is 67.9 Å². The molecule has 2 aromatic carbocycles. The molecule has 0 amide bonds. The van der Waals surface area contributed by atoms with Crippen molar-refractivity contribution in [2.24, 2.45) is 0 Å². The number of ether oxygens (including phenoxy) is 1. The molecule has 0 fully saturated rings. The van der Waals surface area contributed by atoms with Gasteiger partial charge >= 0.3 is 0 Å². The van der Waals surface area contributed by atoms with E-state index in [4.69, 9.17) is 4.74 Å². The van der Waals surface area contributed by atoms with E-state index in [-0.39, 0.29) is 18.1 Å². The molecular weight excluding hydrogens is 409 g/mol. The highest BCUT2D eigenvalue weighted by Crippen LogP contribution is 2.28. The van der Waals surface area contributed by atoms with Crippen LogP contribution in [0.1, 0.15) is 11.1 Å². The summed E-state index contributed by atoms with van der Waals surface area (Å²) in [5.41, 5.74) is 1.33. The van der Waals surface area contributed by atoms with Crippen molar-refractivity contribution in [3.63, 3.8) is 0 Å². The molecule has 0 N–H and O–H groups in total. The standard InChI is InChI=1S/C14H10Br2FNO3/c15-7-10-6-11(18(19)20)4-5-13(10)21-8-9-2-1-3-12(17)14(9)16/h1-6H,7-8H2. The molecule has 0 aliphatic carbocycles. The highest BCUT2D eigenvalue weighted by Gasteiger charge is 2.12. The Morgan fingerprint density at radius 3 is 2.67 bits per heavy atom. The van der Waals surface area contributed by atoms with E-state index >= 15 is 0 Å². The minimum atomic E-state index is -0.459. The maximum Gasteiger partial charge on any atom is 0.270 e. The first-order valence-electron chi connectivity index (χ1n) is 5.92. The average Bonchev–Trinajstić information content (AvgIpc) is 2.48. The summed E-state index contributed by atoms with van der Waals surface area (Å²) in [6, 6.07) is 9.06. The molecule has 4 nitrogen and oxygen atoms in total. The van der Waals surface area contributed by atoms with Crippen LogP contribution in [0, 0.1) is 15.9 Å². The van der Waals surface area contributed by atoms with Crippen molar-refractivity contribution < 1.29 is 14.1 Å². The van der Waals surface area contributed by atoms with Crippen molar-refractivity contribution in [3.8, 4) is 5.75 Å². The first kappa shape index (κ1) is 15.9. The van der Waals surface area contributed by atoms with Crippen LogP contribution in [0.5, 0.6) is 5.75 Å². The topological polar surface area (TPSA) is 52.4 Å². The maximum absolute atomic E-state index is 13.4.